The number of aromatic nitrogens is 1. The highest BCUT2D eigenvalue weighted by molar-refractivity contribution is 7.87. The Bertz CT molecular complexity index is 1060. The molecule has 1 aromatic heterocycles. The summed E-state index contributed by atoms with van der Waals surface area (Å²) < 4.78 is 41.6. The Hall–Kier alpha value is -3.06. The first-order chi connectivity index (χ1) is 12.6. The third kappa shape index (κ3) is 2.86. The van der Waals surface area contributed by atoms with Gasteiger partial charge in [0.25, 0.3) is 0 Å². The number of ether oxygens (including phenoxy) is 2. The highest BCUT2D eigenvalue weighted by Gasteiger charge is 2.26. The van der Waals surface area contributed by atoms with E-state index in [2.05, 4.69) is 4.98 Å². The predicted molar refractivity (Wildman–Crippen MR) is 94.8 cm³/mol. The van der Waals surface area contributed by atoms with Crippen molar-refractivity contribution in [3.8, 4) is 28.4 Å². The molecule has 4 rings (SSSR count). The molecule has 0 saturated carbocycles. The fraction of sp³-hybridized carbons (Fsp3) is 0.105. The molecule has 2 heterocycles. The third-order valence-electron chi connectivity index (χ3n) is 4.05. The lowest BCUT2D eigenvalue weighted by Crippen LogP contribution is -2.13. The molecule has 2 aromatic carbocycles. The van der Waals surface area contributed by atoms with Crippen molar-refractivity contribution in [1.82, 2.24) is 4.98 Å². The van der Waals surface area contributed by atoms with E-state index in [4.69, 9.17) is 13.7 Å². The smallest absolute Gasteiger partial charge is 0.356 e. The largest absolute Gasteiger partial charge is 0.497 e. The fourth-order valence-electron chi connectivity index (χ4n) is 2.82. The van der Waals surface area contributed by atoms with Gasteiger partial charge in [0.2, 0.25) is 0 Å². The lowest BCUT2D eigenvalue weighted by molar-refractivity contribution is 0.301. The molecule has 0 unspecified atom stereocenters. The van der Waals surface area contributed by atoms with E-state index in [0.717, 1.165) is 11.1 Å². The van der Waals surface area contributed by atoms with E-state index in [9.17, 15) is 8.42 Å². The van der Waals surface area contributed by atoms with E-state index in [1.54, 1.807) is 37.4 Å². The summed E-state index contributed by atoms with van der Waals surface area (Å²) in [5.41, 5.74) is 2.31. The molecule has 0 saturated heterocycles. The lowest BCUT2D eigenvalue weighted by atomic mass is 9.96. The van der Waals surface area contributed by atoms with Gasteiger partial charge in [-0.1, -0.05) is 18.2 Å². The molecule has 1 aliphatic rings. The summed E-state index contributed by atoms with van der Waals surface area (Å²) in [6.07, 6.45) is 1.40. The van der Waals surface area contributed by atoms with Crippen LogP contribution in [-0.2, 0) is 16.7 Å². The molecule has 0 atom stereocenters. The second kappa shape index (κ2) is 6.34. The number of methoxy groups -OCH3 is 1. The molecule has 0 bridgehead atoms. The second-order valence-electron chi connectivity index (χ2n) is 5.65. The predicted octanol–water partition coefficient (Wildman–Crippen LogP) is 3.42. The summed E-state index contributed by atoms with van der Waals surface area (Å²) in [5.74, 6) is 1.40. The van der Waals surface area contributed by atoms with Gasteiger partial charge in [0.05, 0.1) is 12.7 Å². The van der Waals surface area contributed by atoms with Crippen molar-refractivity contribution in [3.63, 3.8) is 0 Å². The number of benzene rings is 2. The number of rotatable bonds is 4. The molecular formula is C19H15NO5S. The molecule has 0 amide bonds. The van der Waals surface area contributed by atoms with E-state index < -0.39 is 10.1 Å². The first-order valence-corrected chi connectivity index (χ1v) is 9.28. The molecule has 6 nitrogen and oxygen atoms in total. The van der Waals surface area contributed by atoms with Gasteiger partial charge in [0.1, 0.15) is 18.1 Å². The molecule has 0 aliphatic carbocycles. The normalized spacial score (nSPS) is 12.5. The third-order valence-corrected chi connectivity index (χ3v) is 5.20. The average Bonchev–Trinajstić information content (AvgIpc) is 2.68. The van der Waals surface area contributed by atoms with Crippen molar-refractivity contribution >= 4 is 10.1 Å². The van der Waals surface area contributed by atoms with E-state index >= 15 is 0 Å². The Balaban J connectivity index is 1.83. The first kappa shape index (κ1) is 16.4. The van der Waals surface area contributed by atoms with Crippen molar-refractivity contribution in [1.29, 1.82) is 0 Å². The number of hydrogen-bond donors (Lipinski definition) is 0. The van der Waals surface area contributed by atoms with E-state index in [1.807, 2.05) is 18.2 Å². The summed E-state index contributed by atoms with van der Waals surface area (Å²) in [5, 5.41) is -0.153. The number of nitrogens with zero attached hydrogens (tertiary/aromatic N) is 1. The maximum absolute atomic E-state index is 12.6. The lowest BCUT2D eigenvalue weighted by Gasteiger charge is -2.23. The molecule has 26 heavy (non-hydrogen) atoms. The average molecular weight is 369 g/mol. The van der Waals surface area contributed by atoms with Crippen molar-refractivity contribution in [2.24, 2.45) is 0 Å². The van der Waals surface area contributed by atoms with E-state index in [0.29, 0.717) is 23.7 Å². The van der Waals surface area contributed by atoms with Gasteiger partial charge in [-0.3, -0.25) is 0 Å². The topological polar surface area (TPSA) is 74.7 Å². The fourth-order valence-corrected chi connectivity index (χ4v) is 3.71. The summed E-state index contributed by atoms with van der Waals surface area (Å²) in [4.78, 5) is 3.87. The van der Waals surface area contributed by atoms with Gasteiger partial charge >= 0.3 is 10.1 Å². The Morgan fingerprint density at radius 3 is 2.73 bits per heavy atom. The zero-order valence-corrected chi connectivity index (χ0v) is 14.7. The van der Waals surface area contributed by atoms with Crippen LogP contribution in [0.15, 0.2) is 65.8 Å². The van der Waals surface area contributed by atoms with Crippen LogP contribution in [0, 0.1) is 0 Å². The number of hydrogen-bond acceptors (Lipinski definition) is 6. The minimum atomic E-state index is -4.06. The van der Waals surface area contributed by atoms with Crippen LogP contribution < -0.4 is 13.7 Å². The van der Waals surface area contributed by atoms with Gasteiger partial charge in [-0.15, -0.1) is 0 Å². The Morgan fingerprint density at radius 2 is 1.96 bits per heavy atom. The summed E-state index contributed by atoms with van der Waals surface area (Å²) in [6, 6.07) is 15.2. The monoisotopic (exact) mass is 369 g/mol. The number of fused-ring (bicyclic) bond motifs is 3. The van der Waals surface area contributed by atoms with Crippen LogP contribution in [0.25, 0.3) is 11.1 Å². The maximum Gasteiger partial charge on any atom is 0.356 e. The van der Waals surface area contributed by atoms with Gasteiger partial charge in [-0.2, -0.15) is 8.42 Å². The Kier molecular flexibility index (Phi) is 4.00. The molecular weight excluding hydrogens is 354 g/mol. The van der Waals surface area contributed by atoms with Crippen LogP contribution in [0.2, 0.25) is 0 Å². The van der Waals surface area contributed by atoms with Crippen molar-refractivity contribution in [2.75, 3.05) is 7.11 Å². The van der Waals surface area contributed by atoms with Gasteiger partial charge in [-0.05, 0) is 47.5 Å². The molecule has 3 aromatic rings. The minimum absolute atomic E-state index is 0.153. The Morgan fingerprint density at radius 1 is 1.08 bits per heavy atom. The zero-order valence-electron chi connectivity index (χ0n) is 13.9. The van der Waals surface area contributed by atoms with Crippen LogP contribution in [-0.4, -0.2) is 20.5 Å². The maximum atomic E-state index is 12.6. The second-order valence-corrected chi connectivity index (χ2v) is 7.14. The van der Waals surface area contributed by atoms with Crippen molar-refractivity contribution < 1.29 is 22.1 Å². The summed E-state index contributed by atoms with van der Waals surface area (Å²) in [7, 11) is -2.48. The molecule has 0 spiro atoms. The molecule has 0 N–H and O–H groups in total. The van der Waals surface area contributed by atoms with Crippen LogP contribution in [0.4, 0.5) is 0 Å². The summed E-state index contributed by atoms with van der Waals surface area (Å²) >= 11 is 0. The highest BCUT2D eigenvalue weighted by atomic mass is 32.2. The van der Waals surface area contributed by atoms with Gasteiger partial charge in [-0.25, -0.2) is 4.98 Å². The van der Waals surface area contributed by atoms with Crippen LogP contribution in [0.3, 0.4) is 0 Å². The van der Waals surface area contributed by atoms with Gasteiger partial charge in [0, 0.05) is 6.20 Å². The molecule has 0 fully saturated rings. The van der Waals surface area contributed by atoms with Gasteiger partial charge in [0.15, 0.2) is 10.8 Å². The molecule has 0 radical (unpaired) electrons. The van der Waals surface area contributed by atoms with Crippen LogP contribution >= 0.6 is 0 Å². The van der Waals surface area contributed by atoms with Crippen molar-refractivity contribution in [2.45, 2.75) is 11.6 Å². The van der Waals surface area contributed by atoms with E-state index in [1.165, 1.54) is 12.3 Å². The first-order valence-electron chi connectivity index (χ1n) is 7.87. The number of pyridine rings is 1. The van der Waals surface area contributed by atoms with Crippen LogP contribution in [0.1, 0.15) is 5.56 Å². The molecule has 132 valence electrons. The molecule has 1 aliphatic heterocycles. The molecule has 7 heteroatoms. The quantitative estimate of drug-likeness (QED) is 0.656. The van der Waals surface area contributed by atoms with Crippen molar-refractivity contribution in [3.05, 3.63) is 66.4 Å². The summed E-state index contributed by atoms with van der Waals surface area (Å²) in [6.45, 7) is 0.392. The standard InChI is InChI=1S/C19H15NO5S/c1-23-14-9-8-13-12-24-16-5-4-6-17(19(16)15(13)11-14)25-26(21,22)18-7-2-3-10-20-18/h2-11H,12H2,1H3. The Labute approximate surface area is 151 Å². The zero-order chi connectivity index (χ0) is 18.1. The highest BCUT2D eigenvalue weighted by Crippen LogP contribution is 2.45. The van der Waals surface area contributed by atoms with Gasteiger partial charge < -0.3 is 13.7 Å². The minimum Gasteiger partial charge on any atom is -0.497 e. The van der Waals surface area contributed by atoms with E-state index in [-0.39, 0.29) is 10.8 Å². The SMILES string of the molecule is COc1ccc2c(c1)-c1c(cccc1OS(=O)(=O)c1ccccn1)OC2. The van der Waals surface area contributed by atoms with Crippen LogP contribution in [0.5, 0.6) is 17.2 Å².